The summed E-state index contributed by atoms with van der Waals surface area (Å²) in [5.74, 6) is 0.675. The third-order valence-electron chi connectivity index (χ3n) is 1.92. The molecular weight excluding hydrogens is 286 g/mol. The zero-order valence-electron chi connectivity index (χ0n) is 9.07. The molecule has 0 saturated carbocycles. The fourth-order valence-corrected chi connectivity index (χ4v) is 2.66. The van der Waals surface area contributed by atoms with Gasteiger partial charge in [0.2, 0.25) is 5.95 Å². The first-order valence-electron chi connectivity index (χ1n) is 4.98. The van der Waals surface area contributed by atoms with Crippen molar-refractivity contribution < 1.29 is 0 Å². The van der Waals surface area contributed by atoms with Crippen molar-refractivity contribution in [2.45, 2.75) is 19.9 Å². The smallest absolute Gasteiger partial charge is 0.222 e. The van der Waals surface area contributed by atoms with Gasteiger partial charge in [0, 0.05) is 38.7 Å². The molecular formula is C11H12BrN3S. The SMILES string of the molecule is CC(C)Nc1ncc(-c2cc(Br)cs2)cn1. The molecule has 0 saturated heterocycles. The van der Waals surface area contributed by atoms with Crippen molar-refractivity contribution in [3.63, 3.8) is 0 Å². The maximum Gasteiger partial charge on any atom is 0.222 e. The van der Waals surface area contributed by atoms with Gasteiger partial charge in [-0.1, -0.05) is 0 Å². The zero-order valence-corrected chi connectivity index (χ0v) is 11.5. The van der Waals surface area contributed by atoms with Gasteiger partial charge >= 0.3 is 0 Å². The van der Waals surface area contributed by atoms with Gasteiger partial charge < -0.3 is 5.32 Å². The van der Waals surface area contributed by atoms with E-state index >= 15 is 0 Å². The number of hydrogen-bond acceptors (Lipinski definition) is 4. The van der Waals surface area contributed by atoms with E-state index in [9.17, 15) is 0 Å². The number of aromatic nitrogens is 2. The van der Waals surface area contributed by atoms with E-state index < -0.39 is 0 Å². The Morgan fingerprint density at radius 3 is 2.50 bits per heavy atom. The standard InChI is InChI=1S/C11H12BrN3S/c1-7(2)15-11-13-4-8(5-14-11)10-3-9(12)6-16-10/h3-7H,1-2H3,(H,13,14,15). The maximum absolute atomic E-state index is 4.27. The second-order valence-electron chi connectivity index (χ2n) is 3.72. The molecule has 0 bridgehead atoms. The Balaban J connectivity index is 2.19. The molecule has 0 aliphatic heterocycles. The summed E-state index contributed by atoms with van der Waals surface area (Å²) < 4.78 is 1.09. The summed E-state index contributed by atoms with van der Waals surface area (Å²) in [5, 5.41) is 5.21. The summed E-state index contributed by atoms with van der Waals surface area (Å²) in [5.41, 5.74) is 1.05. The van der Waals surface area contributed by atoms with Crippen molar-refractivity contribution in [1.29, 1.82) is 0 Å². The molecule has 16 heavy (non-hydrogen) atoms. The normalized spacial score (nSPS) is 10.8. The molecule has 0 atom stereocenters. The molecule has 0 radical (unpaired) electrons. The molecule has 0 spiro atoms. The van der Waals surface area contributed by atoms with Crippen LogP contribution in [0.4, 0.5) is 5.95 Å². The first-order chi connectivity index (χ1) is 7.65. The monoisotopic (exact) mass is 297 g/mol. The lowest BCUT2D eigenvalue weighted by atomic mass is 10.3. The summed E-state index contributed by atoms with van der Waals surface area (Å²) in [7, 11) is 0. The third-order valence-corrected chi connectivity index (χ3v) is 3.66. The van der Waals surface area contributed by atoms with E-state index in [-0.39, 0.29) is 0 Å². The fourth-order valence-electron chi connectivity index (χ4n) is 1.25. The molecule has 0 fully saturated rings. The van der Waals surface area contributed by atoms with Gasteiger partial charge in [-0.15, -0.1) is 11.3 Å². The van der Waals surface area contributed by atoms with E-state index in [1.807, 2.05) is 12.4 Å². The lowest BCUT2D eigenvalue weighted by molar-refractivity contribution is 0.874. The number of nitrogens with zero attached hydrogens (tertiary/aromatic N) is 2. The number of thiophene rings is 1. The molecule has 5 heteroatoms. The summed E-state index contributed by atoms with van der Waals surface area (Å²) in [6, 6.07) is 2.42. The maximum atomic E-state index is 4.27. The van der Waals surface area contributed by atoms with Crippen molar-refractivity contribution in [3.05, 3.63) is 28.3 Å². The van der Waals surface area contributed by atoms with E-state index in [1.54, 1.807) is 11.3 Å². The Bertz CT molecular complexity index is 464. The topological polar surface area (TPSA) is 37.8 Å². The second kappa shape index (κ2) is 4.93. The molecule has 2 aromatic rings. The van der Waals surface area contributed by atoms with Crippen LogP contribution in [0.15, 0.2) is 28.3 Å². The van der Waals surface area contributed by atoms with Crippen molar-refractivity contribution >= 4 is 33.2 Å². The first-order valence-corrected chi connectivity index (χ1v) is 6.65. The number of halogens is 1. The molecule has 0 aromatic carbocycles. The molecule has 84 valence electrons. The van der Waals surface area contributed by atoms with Crippen LogP contribution >= 0.6 is 27.3 Å². The highest BCUT2D eigenvalue weighted by Gasteiger charge is 2.03. The van der Waals surface area contributed by atoms with Crippen LogP contribution in [-0.4, -0.2) is 16.0 Å². The van der Waals surface area contributed by atoms with Crippen molar-refractivity contribution in [2.24, 2.45) is 0 Å². The molecule has 0 amide bonds. The first kappa shape index (κ1) is 11.5. The van der Waals surface area contributed by atoms with Crippen molar-refractivity contribution in [1.82, 2.24) is 9.97 Å². The fraction of sp³-hybridized carbons (Fsp3) is 0.273. The van der Waals surface area contributed by atoms with Gasteiger partial charge in [-0.25, -0.2) is 9.97 Å². The minimum atomic E-state index is 0.349. The number of hydrogen-bond donors (Lipinski definition) is 1. The summed E-state index contributed by atoms with van der Waals surface area (Å²) in [4.78, 5) is 9.72. The summed E-state index contributed by atoms with van der Waals surface area (Å²) >= 11 is 5.11. The van der Waals surface area contributed by atoms with E-state index in [0.717, 1.165) is 10.0 Å². The van der Waals surface area contributed by atoms with Crippen LogP contribution in [0, 0.1) is 0 Å². The van der Waals surface area contributed by atoms with Crippen LogP contribution in [0.2, 0.25) is 0 Å². The number of nitrogens with one attached hydrogen (secondary N) is 1. The molecule has 2 heterocycles. The van der Waals surface area contributed by atoms with Crippen LogP contribution < -0.4 is 5.32 Å². The predicted molar refractivity (Wildman–Crippen MR) is 71.8 cm³/mol. The van der Waals surface area contributed by atoms with Gasteiger partial charge in [0.05, 0.1) is 0 Å². The van der Waals surface area contributed by atoms with Crippen molar-refractivity contribution in [2.75, 3.05) is 5.32 Å². The number of anilines is 1. The second-order valence-corrected chi connectivity index (χ2v) is 5.55. The van der Waals surface area contributed by atoms with Gasteiger partial charge in [0.25, 0.3) is 0 Å². The zero-order chi connectivity index (χ0) is 11.5. The van der Waals surface area contributed by atoms with E-state index in [0.29, 0.717) is 12.0 Å². The van der Waals surface area contributed by atoms with E-state index in [2.05, 4.69) is 56.5 Å². The Kier molecular flexibility index (Phi) is 3.56. The minimum absolute atomic E-state index is 0.349. The minimum Gasteiger partial charge on any atom is -0.352 e. The lowest BCUT2D eigenvalue weighted by Crippen LogP contribution is -2.12. The van der Waals surface area contributed by atoms with Crippen LogP contribution in [0.25, 0.3) is 10.4 Å². The summed E-state index contributed by atoms with van der Waals surface area (Å²) in [6.07, 6.45) is 3.69. The Morgan fingerprint density at radius 2 is 2.00 bits per heavy atom. The molecule has 0 aliphatic carbocycles. The molecule has 3 nitrogen and oxygen atoms in total. The Labute approximate surface area is 107 Å². The highest BCUT2D eigenvalue weighted by molar-refractivity contribution is 9.10. The average Bonchev–Trinajstić information content (AvgIpc) is 2.65. The number of rotatable bonds is 3. The van der Waals surface area contributed by atoms with Crippen LogP contribution in [-0.2, 0) is 0 Å². The van der Waals surface area contributed by atoms with Crippen molar-refractivity contribution in [3.8, 4) is 10.4 Å². The molecule has 0 unspecified atom stereocenters. The molecule has 0 aliphatic rings. The van der Waals surface area contributed by atoms with Gasteiger partial charge in [0.15, 0.2) is 0 Å². The van der Waals surface area contributed by atoms with Crippen LogP contribution in [0.1, 0.15) is 13.8 Å². The average molecular weight is 298 g/mol. The van der Waals surface area contributed by atoms with Gasteiger partial charge in [-0.2, -0.15) is 0 Å². The third kappa shape index (κ3) is 2.80. The lowest BCUT2D eigenvalue weighted by Gasteiger charge is -2.07. The largest absolute Gasteiger partial charge is 0.352 e. The molecule has 1 N–H and O–H groups in total. The van der Waals surface area contributed by atoms with Crippen LogP contribution in [0.3, 0.4) is 0 Å². The molecule has 2 rings (SSSR count). The van der Waals surface area contributed by atoms with Gasteiger partial charge in [0.1, 0.15) is 0 Å². The van der Waals surface area contributed by atoms with E-state index in [4.69, 9.17) is 0 Å². The highest BCUT2D eigenvalue weighted by Crippen LogP contribution is 2.29. The highest BCUT2D eigenvalue weighted by atomic mass is 79.9. The summed E-state index contributed by atoms with van der Waals surface area (Å²) in [6.45, 7) is 4.13. The Morgan fingerprint density at radius 1 is 1.31 bits per heavy atom. The quantitative estimate of drug-likeness (QED) is 0.937. The van der Waals surface area contributed by atoms with Gasteiger partial charge in [-0.05, 0) is 35.8 Å². The predicted octanol–water partition coefficient (Wildman–Crippen LogP) is 3.79. The molecule has 2 aromatic heterocycles. The van der Waals surface area contributed by atoms with Crippen LogP contribution in [0.5, 0.6) is 0 Å². The van der Waals surface area contributed by atoms with Gasteiger partial charge in [-0.3, -0.25) is 0 Å². The Hall–Kier alpha value is -0.940. The van der Waals surface area contributed by atoms with E-state index in [1.165, 1.54) is 4.88 Å².